The van der Waals surface area contributed by atoms with Gasteiger partial charge >= 0.3 is 0 Å². The molecule has 1 saturated carbocycles. The maximum atomic E-state index is 12.6. The number of hydrogen-bond acceptors (Lipinski definition) is 2. The molecule has 1 amide bonds. The van der Waals surface area contributed by atoms with Gasteiger partial charge in [-0.1, -0.05) is 43.5 Å². The molecule has 3 nitrogen and oxygen atoms in total. The molecule has 2 atom stereocenters. The van der Waals surface area contributed by atoms with Gasteiger partial charge in [0.2, 0.25) is 5.91 Å². The predicted octanol–water partition coefficient (Wildman–Crippen LogP) is 3.49. The highest BCUT2D eigenvalue weighted by Crippen LogP contribution is 2.35. The number of nitrogens with zero attached hydrogens (tertiary/aromatic N) is 1. The Hall–Kier alpha value is -1.06. The van der Waals surface area contributed by atoms with Gasteiger partial charge in [-0.2, -0.15) is 0 Å². The van der Waals surface area contributed by atoms with E-state index in [4.69, 9.17) is 11.6 Å². The quantitative estimate of drug-likeness (QED) is 0.925. The van der Waals surface area contributed by atoms with Crippen LogP contribution < -0.4 is 5.32 Å². The number of halogens is 1. The van der Waals surface area contributed by atoms with E-state index >= 15 is 0 Å². The molecule has 0 spiro atoms. The van der Waals surface area contributed by atoms with E-state index in [-0.39, 0.29) is 18.1 Å². The number of carbonyl (C=O) groups is 1. The fraction of sp³-hybridized carbons (Fsp3) is 0.562. The molecule has 2 unspecified atom stereocenters. The Morgan fingerprint density at radius 3 is 2.50 bits per heavy atom. The second-order valence-electron chi connectivity index (χ2n) is 5.77. The number of benzene rings is 1. The standard InChI is InChI=1S/C16H21ClN2O/c1-2-14-16(20)19(13-5-3-4-6-13)15(18-14)11-7-9-12(17)10-8-11/h7-10,13-15,18H,2-6H2,1H3. The number of nitrogens with one attached hydrogen (secondary N) is 1. The van der Waals surface area contributed by atoms with Crippen LogP contribution in [0.5, 0.6) is 0 Å². The summed E-state index contributed by atoms with van der Waals surface area (Å²) in [6.45, 7) is 2.06. The van der Waals surface area contributed by atoms with E-state index in [0.717, 1.165) is 29.8 Å². The summed E-state index contributed by atoms with van der Waals surface area (Å²) >= 11 is 5.97. The number of amides is 1. The van der Waals surface area contributed by atoms with Crippen LogP contribution in [0.25, 0.3) is 0 Å². The van der Waals surface area contributed by atoms with Crippen molar-refractivity contribution in [1.29, 1.82) is 0 Å². The summed E-state index contributed by atoms with van der Waals surface area (Å²) in [7, 11) is 0. The molecule has 2 aliphatic rings. The van der Waals surface area contributed by atoms with Crippen molar-refractivity contribution in [1.82, 2.24) is 10.2 Å². The van der Waals surface area contributed by atoms with Crippen molar-refractivity contribution in [3.05, 3.63) is 34.9 Å². The third-order valence-corrected chi connectivity index (χ3v) is 4.75. The maximum absolute atomic E-state index is 12.6. The van der Waals surface area contributed by atoms with Gasteiger partial charge in [-0.05, 0) is 37.0 Å². The van der Waals surface area contributed by atoms with Gasteiger partial charge in [0.1, 0.15) is 6.17 Å². The van der Waals surface area contributed by atoms with Crippen LogP contribution in [0, 0.1) is 0 Å². The van der Waals surface area contributed by atoms with Crippen LogP contribution in [0.4, 0.5) is 0 Å². The fourth-order valence-corrected chi connectivity index (χ4v) is 3.54. The van der Waals surface area contributed by atoms with E-state index in [1.54, 1.807) is 0 Å². The average molecular weight is 293 g/mol. The monoisotopic (exact) mass is 292 g/mol. The fourth-order valence-electron chi connectivity index (χ4n) is 3.42. The van der Waals surface area contributed by atoms with Crippen LogP contribution in [-0.4, -0.2) is 22.9 Å². The summed E-state index contributed by atoms with van der Waals surface area (Å²) in [6.07, 6.45) is 5.58. The lowest BCUT2D eigenvalue weighted by Crippen LogP contribution is -2.38. The SMILES string of the molecule is CCC1NC(c2ccc(Cl)cc2)N(C2CCCC2)C1=O. The topological polar surface area (TPSA) is 32.3 Å². The Labute approximate surface area is 125 Å². The van der Waals surface area contributed by atoms with Gasteiger partial charge in [0, 0.05) is 11.1 Å². The zero-order valence-corrected chi connectivity index (χ0v) is 12.6. The summed E-state index contributed by atoms with van der Waals surface area (Å²) in [4.78, 5) is 14.7. The third kappa shape index (κ3) is 2.45. The highest BCUT2D eigenvalue weighted by atomic mass is 35.5. The van der Waals surface area contributed by atoms with Crippen molar-refractivity contribution in [2.45, 2.75) is 57.3 Å². The van der Waals surface area contributed by atoms with Gasteiger partial charge in [0.05, 0.1) is 6.04 Å². The molecule has 1 aliphatic heterocycles. The van der Waals surface area contributed by atoms with E-state index in [1.807, 2.05) is 24.3 Å². The van der Waals surface area contributed by atoms with Crippen molar-refractivity contribution in [3.8, 4) is 0 Å². The zero-order chi connectivity index (χ0) is 14.1. The van der Waals surface area contributed by atoms with Crippen molar-refractivity contribution in [3.63, 3.8) is 0 Å². The number of carbonyl (C=O) groups excluding carboxylic acids is 1. The van der Waals surface area contributed by atoms with Crippen LogP contribution in [0.3, 0.4) is 0 Å². The molecule has 1 N–H and O–H groups in total. The van der Waals surface area contributed by atoms with Crippen molar-refractivity contribution in [2.24, 2.45) is 0 Å². The van der Waals surface area contributed by atoms with E-state index < -0.39 is 0 Å². The van der Waals surface area contributed by atoms with Crippen molar-refractivity contribution >= 4 is 17.5 Å². The van der Waals surface area contributed by atoms with Crippen LogP contribution in [0.15, 0.2) is 24.3 Å². The highest BCUT2D eigenvalue weighted by Gasteiger charge is 2.42. The lowest BCUT2D eigenvalue weighted by molar-refractivity contribution is -0.132. The Bertz CT molecular complexity index is 482. The van der Waals surface area contributed by atoms with Gasteiger partial charge < -0.3 is 4.90 Å². The number of hydrogen-bond donors (Lipinski definition) is 1. The lowest BCUT2D eigenvalue weighted by Gasteiger charge is -2.30. The smallest absolute Gasteiger partial charge is 0.241 e. The average Bonchev–Trinajstić information content (AvgIpc) is 3.07. The Morgan fingerprint density at radius 1 is 1.25 bits per heavy atom. The Balaban J connectivity index is 1.89. The second kappa shape index (κ2) is 5.74. The molecular formula is C16H21ClN2O. The molecule has 1 aliphatic carbocycles. The normalized spacial score (nSPS) is 27.5. The zero-order valence-electron chi connectivity index (χ0n) is 11.8. The van der Waals surface area contributed by atoms with E-state index in [2.05, 4.69) is 17.1 Å². The van der Waals surface area contributed by atoms with Crippen LogP contribution in [-0.2, 0) is 4.79 Å². The highest BCUT2D eigenvalue weighted by molar-refractivity contribution is 6.30. The molecule has 1 aromatic carbocycles. The molecule has 1 aromatic rings. The molecule has 4 heteroatoms. The predicted molar refractivity (Wildman–Crippen MR) is 80.5 cm³/mol. The first-order valence-corrected chi connectivity index (χ1v) is 7.92. The minimum atomic E-state index is -0.0451. The summed E-state index contributed by atoms with van der Waals surface area (Å²) in [5, 5.41) is 4.22. The minimum absolute atomic E-state index is 0.00724. The van der Waals surface area contributed by atoms with Gasteiger partial charge in [-0.15, -0.1) is 0 Å². The van der Waals surface area contributed by atoms with Gasteiger partial charge in [-0.25, -0.2) is 0 Å². The first-order chi connectivity index (χ1) is 9.70. The summed E-state index contributed by atoms with van der Waals surface area (Å²) in [5.41, 5.74) is 1.13. The summed E-state index contributed by atoms with van der Waals surface area (Å²) in [5.74, 6) is 0.263. The van der Waals surface area contributed by atoms with Gasteiger partial charge in [-0.3, -0.25) is 10.1 Å². The maximum Gasteiger partial charge on any atom is 0.241 e. The molecule has 108 valence electrons. The molecule has 0 bridgehead atoms. The van der Waals surface area contributed by atoms with Crippen molar-refractivity contribution in [2.75, 3.05) is 0 Å². The Morgan fingerprint density at radius 2 is 1.90 bits per heavy atom. The molecule has 1 saturated heterocycles. The Kier molecular flexibility index (Phi) is 3.99. The van der Waals surface area contributed by atoms with Crippen LogP contribution >= 0.6 is 11.6 Å². The summed E-state index contributed by atoms with van der Waals surface area (Å²) in [6, 6.07) is 8.19. The van der Waals surface area contributed by atoms with Crippen molar-refractivity contribution < 1.29 is 4.79 Å². The first-order valence-electron chi connectivity index (χ1n) is 7.54. The number of rotatable bonds is 3. The van der Waals surface area contributed by atoms with Crippen LogP contribution in [0.1, 0.15) is 50.8 Å². The molecule has 3 rings (SSSR count). The molecule has 2 fully saturated rings. The minimum Gasteiger partial charge on any atom is -0.319 e. The molecular weight excluding hydrogens is 272 g/mol. The molecule has 20 heavy (non-hydrogen) atoms. The van der Waals surface area contributed by atoms with E-state index in [0.29, 0.717) is 6.04 Å². The van der Waals surface area contributed by atoms with E-state index in [9.17, 15) is 4.79 Å². The van der Waals surface area contributed by atoms with Gasteiger partial charge in [0.25, 0.3) is 0 Å². The molecule has 1 heterocycles. The second-order valence-corrected chi connectivity index (χ2v) is 6.20. The van der Waals surface area contributed by atoms with Gasteiger partial charge in [0.15, 0.2) is 0 Å². The van der Waals surface area contributed by atoms with E-state index in [1.165, 1.54) is 12.8 Å². The van der Waals surface area contributed by atoms with Crippen LogP contribution in [0.2, 0.25) is 5.02 Å². The molecule has 0 radical (unpaired) electrons. The lowest BCUT2D eigenvalue weighted by atomic mass is 10.1. The first kappa shape index (κ1) is 13.9. The molecule has 0 aromatic heterocycles. The third-order valence-electron chi connectivity index (χ3n) is 4.50. The summed E-state index contributed by atoms with van der Waals surface area (Å²) < 4.78 is 0. The largest absolute Gasteiger partial charge is 0.319 e.